The number of benzene rings is 1. The summed E-state index contributed by atoms with van der Waals surface area (Å²) in [5.74, 6) is 1.000. The number of rotatable bonds is 8. The predicted octanol–water partition coefficient (Wildman–Crippen LogP) is 3.00. The van der Waals surface area contributed by atoms with Crippen LogP contribution in [0.3, 0.4) is 0 Å². The lowest BCUT2D eigenvalue weighted by Gasteiger charge is -2.18. The van der Waals surface area contributed by atoms with E-state index in [1.165, 1.54) is 0 Å². The highest BCUT2D eigenvalue weighted by Crippen LogP contribution is 2.13. The zero-order chi connectivity index (χ0) is 13.4. The number of hydrogen-bond donors (Lipinski definition) is 0. The summed E-state index contributed by atoms with van der Waals surface area (Å²) in [6, 6.07) is 7.40. The molecule has 0 saturated carbocycles. The third kappa shape index (κ3) is 4.49. The number of ketones is 1. The lowest BCUT2D eigenvalue weighted by molar-refractivity contribution is 0.0988. The van der Waals surface area contributed by atoms with E-state index in [4.69, 9.17) is 4.74 Å². The van der Waals surface area contributed by atoms with Crippen molar-refractivity contribution >= 4 is 5.78 Å². The van der Waals surface area contributed by atoms with E-state index in [2.05, 4.69) is 18.7 Å². The van der Waals surface area contributed by atoms with Gasteiger partial charge >= 0.3 is 0 Å². The van der Waals surface area contributed by atoms with Crippen LogP contribution < -0.4 is 4.74 Å². The molecule has 0 heterocycles. The first-order valence-corrected chi connectivity index (χ1v) is 6.69. The molecule has 0 fully saturated rings. The number of carbonyl (C=O) groups excluding carboxylic acids is 1. The molecule has 100 valence electrons. The molecule has 0 aliphatic rings. The molecular formula is C15H23NO2. The third-order valence-corrected chi connectivity index (χ3v) is 3.07. The van der Waals surface area contributed by atoms with Crippen molar-refractivity contribution in [2.45, 2.75) is 27.2 Å². The number of ether oxygens (including phenoxy) is 1. The van der Waals surface area contributed by atoms with Crippen LogP contribution in [0.5, 0.6) is 5.75 Å². The molecule has 0 spiro atoms. The maximum Gasteiger partial charge on any atom is 0.162 e. The van der Waals surface area contributed by atoms with Crippen molar-refractivity contribution in [2.75, 3.05) is 26.2 Å². The highest BCUT2D eigenvalue weighted by molar-refractivity contribution is 5.95. The first-order valence-electron chi connectivity index (χ1n) is 6.69. The molecule has 0 amide bonds. The summed E-state index contributed by atoms with van der Waals surface area (Å²) in [5, 5.41) is 0. The lowest BCUT2D eigenvalue weighted by atomic mass is 10.1. The quantitative estimate of drug-likeness (QED) is 0.663. The van der Waals surface area contributed by atoms with Crippen molar-refractivity contribution < 1.29 is 9.53 Å². The van der Waals surface area contributed by atoms with Crippen LogP contribution >= 0.6 is 0 Å². The summed E-state index contributed by atoms with van der Waals surface area (Å²) in [6.45, 7) is 9.87. The molecule has 0 aromatic heterocycles. The van der Waals surface area contributed by atoms with E-state index in [1.54, 1.807) is 0 Å². The first kappa shape index (κ1) is 14.7. The van der Waals surface area contributed by atoms with Crippen molar-refractivity contribution in [3.63, 3.8) is 0 Å². The average Bonchev–Trinajstić information content (AvgIpc) is 2.43. The van der Waals surface area contributed by atoms with Crippen molar-refractivity contribution in [1.29, 1.82) is 0 Å². The van der Waals surface area contributed by atoms with Gasteiger partial charge in [0.15, 0.2) is 5.78 Å². The molecule has 0 aliphatic carbocycles. The molecule has 1 rings (SSSR count). The SMILES string of the molecule is CCC(=O)c1ccc(OCCN(CC)CC)cc1. The Hall–Kier alpha value is -1.35. The van der Waals surface area contributed by atoms with Crippen molar-refractivity contribution in [3.8, 4) is 5.75 Å². The van der Waals surface area contributed by atoms with Crippen molar-refractivity contribution in [1.82, 2.24) is 4.90 Å². The van der Waals surface area contributed by atoms with E-state index in [9.17, 15) is 4.79 Å². The van der Waals surface area contributed by atoms with Crippen LogP contribution in [-0.4, -0.2) is 36.9 Å². The Morgan fingerprint density at radius 2 is 1.72 bits per heavy atom. The Morgan fingerprint density at radius 1 is 1.11 bits per heavy atom. The summed E-state index contributed by atoms with van der Waals surface area (Å²) in [4.78, 5) is 13.8. The number of carbonyl (C=O) groups is 1. The molecule has 0 radical (unpaired) electrons. The number of likely N-dealkylation sites (N-methyl/N-ethyl adjacent to an activating group) is 1. The second-order valence-electron chi connectivity index (χ2n) is 4.18. The van der Waals surface area contributed by atoms with Gasteiger partial charge in [-0.15, -0.1) is 0 Å². The Labute approximate surface area is 110 Å². The fourth-order valence-corrected chi connectivity index (χ4v) is 1.77. The van der Waals surface area contributed by atoms with Gasteiger partial charge in [-0.05, 0) is 37.4 Å². The van der Waals surface area contributed by atoms with Crippen LogP contribution in [0, 0.1) is 0 Å². The highest BCUT2D eigenvalue weighted by Gasteiger charge is 2.03. The second-order valence-corrected chi connectivity index (χ2v) is 4.18. The average molecular weight is 249 g/mol. The summed E-state index contributed by atoms with van der Waals surface area (Å²) in [5.41, 5.74) is 0.758. The summed E-state index contributed by atoms with van der Waals surface area (Å²) >= 11 is 0. The molecule has 1 aromatic rings. The monoisotopic (exact) mass is 249 g/mol. The fraction of sp³-hybridized carbons (Fsp3) is 0.533. The summed E-state index contributed by atoms with van der Waals surface area (Å²) in [6.07, 6.45) is 0.544. The van der Waals surface area contributed by atoms with Crippen LogP contribution in [0.1, 0.15) is 37.6 Å². The van der Waals surface area contributed by atoms with Gasteiger partial charge in [-0.2, -0.15) is 0 Å². The van der Waals surface area contributed by atoms with Gasteiger partial charge in [0.05, 0.1) is 0 Å². The molecule has 0 unspecified atom stereocenters. The van der Waals surface area contributed by atoms with Crippen LogP contribution in [-0.2, 0) is 0 Å². The molecule has 18 heavy (non-hydrogen) atoms. The summed E-state index contributed by atoms with van der Waals surface area (Å²) in [7, 11) is 0. The van der Waals surface area contributed by atoms with Gasteiger partial charge < -0.3 is 9.64 Å². The topological polar surface area (TPSA) is 29.5 Å². The fourth-order valence-electron chi connectivity index (χ4n) is 1.77. The summed E-state index contributed by atoms with van der Waals surface area (Å²) < 4.78 is 5.66. The lowest BCUT2D eigenvalue weighted by Crippen LogP contribution is -2.27. The van der Waals surface area contributed by atoms with Crippen molar-refractivity contribution in [3.05, 3.63) is 29.8 Å². The van der Waals surface area contributed by atoms with E-state index < -0.39 is 0 Å². The Kier molecular flexibility index (Phi) is 6.44. The standard InChI is InChI=1S/C15H23NO2/c1-4-15(17)13-7-9-14(10-8-13)18-12-11-16(5-2)6-3/h7-10H,4-6,11-12H2,1-3H3. The first-order chi connectivity index (χ1) is 8.71. The molecule has 0 N–H and O–H groups in total. The number of hydrogen-bond acceptors (Lipinski definition) is 3. The smallest absolute Gasteiger partial charge is 0.162 e. The minimum absolute atomic E-state index is 0.171. The van der Waals surface area contributed by atoms with Gasteiger partial charge in [0.2, 0.25) is 0 Å². The van der Waals surface area contributed by atoms with Crippen molar-refractivity contribution in [2.24, 2.45) is 0 Å². The van der Waals surface area contributed by atoms with Gasteiger partial charge in [-0.1, -0.05) is 20.8 Å². The van der Waals surface area contributed by atoms with Gasteiger partial charge in [-0.25, -0.2) is 0 Å². The Balaban J connectivity index is 2.42. The number of Topliss-reactive ketones (excluding diaryl/α,β-unsaturated/α-hetero) is 1. The maximum atomic E-state index is 11.5. The van der Waals surface area contributed by atoms with Crippen LogP contribution in [0.4, 0.5) is 0 Å². The molecular weight excluding hydrogens is 226 g/mol. The van der Waals surface area contributed by atoms with E-state index in [0.717, 1.165) is 30.9 Å². The molecule has 0 atom stereocenters. The van der Waals surface area contributed by atoms with E-state index in [0.29, 0.717) is 13.0 Å². The minimum Gasteiger partial charge on any atom is -0.492 e. The van der Waals surface area contributed by atoms with Crippen LogP contribution in [0.2, 0.25) is 0 Å². The molecule has 0 aliphatic heterocycles. The molecule has 3 heteroatoms. The normalized spacial score (nSPS) is 10.7. The van der Waals surface area contributed by atoms with E-state index in [-0.39, 0.29) is 5.78 Å². The minimum atomic E-state index is 0.171. The molecule has 1 aromatic carbocycles. The zero-order valence-electron chi connectivity index (χ0n) is 11.6. The number of nitrogens with zero attached hydrogens (tertiary/aromatic N) is 1. The molecule has 0 bridgehead atoms. The zero-order valence-corrected chi connectivity index (χ0v) is 11.6. The predicted molar refractivity (Wildman–Crippen MR) is 74.3 cm³/mol. The van der Waals surface area contributed by atoms with Gasteiger partial charge in [0, 0.05) is 18.5 Å². The highest BCUT2D eigenvalue weighted by atomic mass is 16.5. The van der Waals surface area contributed by atoms with Gasteiger partial charge in [-0.3, -0.25) is 4.79 Å². The Bertz CT molecular complexity index is 355. The molecule has 3 nitrogen and oxygen atoms in total. The second kappa shape index (κ2) is 7.88. The van der Waals surface area contributed by atoms with Gasteiger partial charge in [0.1, 0.15) is 12.4 Å². The van der Waals surface area contributed by atoms with Crippen LogP contribution in [0.25, 0.3) is 0 Å². The van der Waals surface area contributed by atoms with Gasteiger partial charge in [0.25, 0.3) is 0 Å². The maximum absolute atomic E-state index is 11.5. The largest absolute Gasteiger partial charge is 0.492 e. The Morgan fingerprint density at radius 3 is 2.22 bits per heavy atom. The van der Waals surface area contributed by atoms with E-state index in [1.807, 2.05) is 31.2 Å². The third-order valence-electron chi connectivity index (χ3n) is 3.07. The molecule has 0 saturated heterocycles. The van der Waals surface area contributed by atoms with Crippen LogP contribution in [0.15, 0.2) is 24.3 Å². The van der Waals surface area contributed by atoms with E-state index >= 15 is 0 Å².